The van der Waals surface area contributed by atoms with E-state index in [-0.39, 0.29) is 17.4 Å². The number of carbonyl (C=O) groups excluding carboxylic acids is 1. The SMILES string of the molecule is CC(C)C=C(C#N)C(=O)O.CC(C)C=O.N#CCC(=O)O. The first-order valence-corrected chi connectivity index (χ1v) is 6.01. The summed E-state index contributed by atoms with van der Waals surface area (Å²) in [5.74, 6) is -1.92. The van der Waals surface area contributed by atoms with Crippen LogP contribution >= 0.6 is 0 Å². The number of hydrogen-bond donors (Lipinski definition) is 2. The van der Waals surface area contributed by atoms with Crippen molar-refractivity contribution in [2.45, 2.75) is 34.1 Å². The standard InChI is InChI=1S/C7H9NO2.C4H8O.C3H3NO2/c1-5(2)3-6(4-8)7(9)10;1-4(2)3-5;4-2-1-3(5)6/h3,5H,1-2H3,(H,9,10);3-4H,1-2H3;1H2,(H,5,6). The van der Waals surface area contributed by atoms with Crippen LogP contribution in [-0.2, 0) is 14.4 Å². The second-order valence-corrected chi connectivity index (χ2v) is 4.35. The molecule has 0 radical (unpaired) electrons. The molecule has 0 aliphatic heterocycles. The zero-order valence-electron chi connectivity index (χ0n) is 12.5. The number of allylic oxidation sites excluding steroid dienone is 1. The van der Waals surface area contributed by atoms with Crippen LogP contribution in [0.2, 0.25) is 0 Å². The zero-order valence-corrected chi connectivity index (χ0v) is 12.5. The number of carboxylic acids is 2. The minimum Gasteiger partial charge on any atom is -0.480 e. The van der Waals surface area contributed by atoms with Crippen LogP contribution in [-0.4, -0.2) is 28.4 Å². The molecule has 0 aromatic heterocycles. The Morgan fingerprint density at radius 2 is 1.52 bits per heavy atom. The molecule has 0 aliphatic rings. The van der Waals surface area contributed by atoms with E-state index in [9.17, 15) is 14.4 Å². The molecule has 0 bridgehead atoms. The Kier molecular flexibility index (Phi) is 17.2. The van der Waals surface area contributed by atoms with E-state index >= 15 is 0 Å². The van der Waals surface area contributed by atoms with Crippen molar-refractivity contribution in [3.8, 4) is 12.1 Å². The van der Waals surface area contributed by atoms with Gasteiger partial charge in [-0.1, -0.05) is 33.8 Å². The van der Waals surface area contributed by atoms with Gasteiger partial charge in [0.05, 0.1) is 6.07 Å². The molecule has 0 aromatic carbocycles. The highest BCUT2D eigenvalue weighted by Crippen LogP contribution is 2.00. The van der Waals surface area contributed by atoms with Gasteiger partial charge in [-0.15, -0.1) is 0 Å². The van der Waals surface area contributed by atoms with E-state index in [0.717, 1.165) is 6.29 Å². The summed E-state index contributed by atoms with van der Waals surface area (Å²) in [7, 11) is 0. The summed E-state index contributed by atoms with van der Waals surface area (Å²) in [5, 5.41) is 31.9. The molecule has 0 atom stereocenters. The van der Waals surface area contributed by atoms with Gasteiger partial charge in [0, 0.05) is 5.92 Å². The van der Waals surface area contributed by atoms with Crippen LogP contribution in [0.1, 0.15) is 34.1 Å². The van der Waals surface area contributed by atoms with Gasteiger partial charge in [-0.2, -0.15) is 10.5 Å². The average molecular weight is 296 g/mol. The van der Waals surface area contributed by atoms with Crippen molar-refractivity contribution in [3.63, 3.8) is 0 Å². The average Bonchev–Trinajstić information content (AvgIpc) is 2.36. The third-order valence-electron chi connectivity index (χ3n) is 1.35. The normalized spacial score (nSPS) is 9.24. The Bertz CT molecular complexity index is 439. The van der Waals surface area contributed by atoms with E-state index < -0.39 is 18.4 Å². The van der Waals surface area contributed by atoms with Crippen molar-refractivity contribution in [1.82, 2.24) is 0 Å². The summed E-state index contributed by atoms with van der Waals surface area (Å²) in [5.41, 5.74) is -0.185. The molecular weight excluding hydrogens is 276 g/mol. The number of hydrogen-bond acceptors (Lipinski definition) is 5. The Morgan fingerprint density at radius 1 is 1.10 bits per heavy atom. The van der Waals surface area contributed by atoms with Crippen LogP contribution in [0.25, 0.3) is 0 Å². The largest absolute Gasteiger partial charge is 0.480 e. The Labute approximate surface area is 124 Å². The highest BCUT2D eigenvalue weighted by Gasteiger charge is 2.04. The number of aliphatic carboxylic acids is 2. The van der Waals surface area contributed by atoms with E-state index in [1.165, 1.54) is 12.1 Å². The number of aldehydes is 1. The van der Waals surface area contributed by atoms with Gasteiger partial charge in [0.25, 0.3) is 0 Å². The molecule has 0 aliphatic carbocycles. The predicted octanol–water partition coefficient (Wildman–Crippen LogP) is 2.00. The van der Waals surface area contributed by atoms with E-state index in [2.05, 4.69) is 0 Å². The molecule has 0 heterocycles. The number of carbonyl (C=O) groups is 3. The summed E-state index contributed by atoms with van der Waals surface area (Å²) in [6.45, 7) is 7.35. The first-order valence-electron chi connectivity index (χ1n) is 6.01. The summed E-state index contributed by atoms with van der Waals surface area (Å²) in [6, 6.07) is 3.06. The van der Waals surface area contributed by atoms with Crippen LogP contribution in [0.15, 0.2) is 11.6 Å². The fourth-order valence-electron chi connectivity index (χ4n) is 0.557. The van der Waals surface area contributed by atoms with E-state index in [0.29, 0.717) is 0 Å². The lowest BCUT2D eigenvalue weighted by Gasteiger charge is -1.93. The van der Waals surface area contributed by atoms with Crippen LogP contribution < -0.4 is 0 Å². The molecule has 0 rings (SSSR count). The van der Waals surface area contributed by atoms with Crippen LogP contribution in [0.4, 0.5) is 0 Å². The summed E-state index contributed by atoms with van der Waals surface area (Å²) >= 11 is 0. The molecule has 0 aromatic rings. The minimum atomic E-state index is -1.16. The van der Waals surface area contributed by atoms with Crippen molar-refractivity contribution in [3.05, 3.63) is 11.6 Å². The molecular formula is C14H20N2O5. The highest BCUT2D eigenvalue weighted by molar-refractivity contribution is 5.90. The molecule has 2 N–H and O–H groups in total. The van der Waals surface area contributed by atoms with Crippen molar-refractivity contribution in [2.75, 3.05) is 0 Å². The van der Waals surface area contributed by atoms with Crippen molar-refractivity contribution in [1.29, 1.82) is 10.5 Å². The maximum atomic E-state index is 10.2. The monoisotopic (exact) mass is 296 g/mol. The third-order valence-corrected chi connectivity index (χ3v) is 1.35. The molecule has 0 amide bonds. The molecule has 0 saturated carbocycles. The van der Waals surface area contributed by atoms with Gasteiger partial charge < -0.3 is 15.0 Å². The Hall–Kier alpha value is -2.67. The second kappa shape index (κ2) is 15.4. The van der Waals surface area contributed by atoms with Gasteiger partial charge >= 0.3 is 11.9 Å². The lowest BCUT2D eigenvalue weighted by atomic mass is 10.1. The smallest absolute Gasteiger partial charge is 0.346 e. The van der Waals surface area contributed by atoms with Crippen molar-refractivity contribution >= 4 is 18.2 Å². The van der Waals surface area contributed by atoms with Gasteiger partial charge in [0.2, 0.25) is 0 Å². The summed E-state index contributed by atoms with van der Waals surface area (Å²) < 4.78 is 0. The first-order chi connectivity index (χ1) is 9.61. The Morgan fingerprint density at radius 3 is 1.57 bits per heavy atom. The van der Waals surface area contributed by atoms with Crippen LogP contribution in [0.3, 0.4) is 0 Å². The van der Waals surface area contributed by atoms with Gasteiger partial charge in [-0.3, -0.25) is 4.79 Å². The maximum Gasteiger partial charge on any atom is 0.346 e. The summed E-state index contributed by atoms with van der Waals surface area (Å²) in [6.07, 6.45) is 1.93. The van der Waals surface area contributed by atoms with E-state index in [1.807, 2.05) is 27.7 Å². The molecule has 116 valence electrons. The van der Waals surface area contributed by atoms with Crippen LogP contribution in [0.5, 0.6) is 0 Å². The summed E-state index contributed by atoms with van der Waals surface area (Å²) in [4.78, 5) is 29.1. The minimum absolute atomic E-state index is 0.103. The molecule has 0 saturated heterocycles. The molecule has 7 nitrogen and oxygen atoms in total. The van der Waals surface area contributed by atoms with Gasteiger partial charge in [0.15, 0.2) is 0 Å². The fourth-order valence-corrected chi connectivity index (χ4v) is 0.557. The van der Waals surface area contributed by atoms with Gasteiger partial charge in [0.1, 0.15) is 24.3 Å². The topological polar surface area (TPSA) is 139 Å². The number of nitriles is 2. The van der Waals surface area contributed by atoms with E-state index in [1.54, 1.807) is 6.07 Å². The third kappa shape index (κ3) is 26.8. The Balaban J connectivity index is -0.000000252. The van der Waals surface area contributed by atoms with Crippen molar-refractivity contribution < 1.29 is 24.6 Å². The number of nitrogens with zero attached hydrogens (tertiary/aromatic N) is 2. The van der Waals surface area contributed by atoms with Crippen molar-refractivity contribution in [2.24, 2.45) is 11.8 Å². The zero-order chi connectivity index (χ0) is 17.4. The van der Waals surface area contributed by atoms with E-state index in [4.69, 9.17) is 20.7 Å². The second-order valence-electron chi connectivity index (χ2n) is 4.35. The molecule has 0 spiro atoms. The van der Waals surface area contributed by atoms with Crippen LogP contribution in [0, 0.1) is 34.5 Å². The predicted molar refractivity (Wildman–Crippen MR) is 74.9 cm³/mol. The highest BCUT2D eigenvalue weighted by atomic mass is 16.4. The van der Waals surface area contributed by atoms with Gasteiger partial charge in [-0.05, 0) is 5.92 Å². The first kappa shape index (κ1) is 23.4. The molecule has 0 fully saturated rings. The number of carboxylic acid groups (broad SMARTS) is 2. The quantitative estimate of drug-likeness (QED) is 0.459. The van der Waals surface area contributed by atoms with Gasteiger partial charge in [-0.25, -0.2) is 4.79 Å². The lowest BCUT2D eigenvalue weighted by molar-refractivity contribution is -0.136. The maximum absolute atomic E-state index is 10.2. The number of rotatable bonds is 4. The molecule has 7 heteroatoms. The molecule has 21 heavy (non-hydrogen) atoms. The molecule has 0 unspecified atom stereocenters. The lowest BCUT2D eigenvalue weighted by Crippen LogP contribution is -1.99. The fraction of sp³-hybridized carbons (Fsp3) is 0.500.